The Morgan fingerprint density at radius 3 is 2.30 bits per heavy atom. The molecule has 2 rings (SSSR count). The first-order valence-electron chi connectivity index (χ1n) is 5.65. The van der Waals surface area contributed by atoms with Crippen molar-refractivity contribution in [3.05, 3.63) is 48.3 Å². The number of hydrogen-bond donors (Lipinski definition) is 2. The van der Waals surface area contributed by atoms with E-state index in [0.717, 1.165) is 22.5 Å². The van der Waals surface area contributed by atoms with Crippen LogP contribution in [-0.4, -0.2) is 20.6 Å². The van der Waals surface area contributed by atoms with E-state index in [1.165, 1.54) is 31.3 Å². The van der Waals surface area contributed by atoms with Gasteiger partial charge in [0.1, 0.15) is 11.6 Å². The molecule has 0 bridgehead atoms. The van der Waals surface area contributed by atoms with Crippen LogP contribution >= 0.6 is 0 Å². The second kappa shape index (κ2) is 5.01. The van der Waals surface area contributed by atoms with Crippen molar-refractivity contribution in [2.75, 3.05) is 17.1 Å². The van der Waals surface area contributed by atoms with Crippen LogP contribution in [0.1, 0.15) is 0 Å². The minimum absolute atomic E-state index is 0.0329. The topological polar surface area (TPSA) is 83.6 Å². The van der Waals surface area contributed by atoms with Gasteiger partial charge in [-0.1, -0.05) is 0 Å². The van der Waals surface area contributed by atoms with Crippen molar-refractivity contribution in [3.8, 4) is 5.75 Å². The second-order valence-corrected chi connectivity index (χ2v) is 6.14. The lowest BCUT2D eigenvalue weighted by molar-refractivity contribution is 0.475. The Hall–Kier alpha value is -2.28. The summed E-state index contributed by atoms with van der Waals surface area (Å²) in [6.45, 7) is 0. The van der Waals surface area contributed by atoms with Crippen molar-refractivity contribution < 1.29 is 17.9 Å². The lowest BCUT2D eigenvalue weighted by Crippen LogP contribution is -2.26. The van der Waals surface area contributed by atoms with E-state index in [2.05, 4.69) is 0 Å². The molecule has 0 fully saturated rings. The van der Waals surface area contributed by atoms with Gasteiger partial charge in [-0.25, -0.2) is 12.8 Å². The summed E-state index contributed by atoms with van der Waals surface area (Å²) < 4.78 is 38.9. The number of sulfonamides is 1. The molecule has 7 heteroatoms. The van der Waals surface area contributed by atoms with Gasteiger partial charge in [-0.2, -0.15) is 0 Å². The van der Waals surface area contributed by atoms with Crippen molar-refractivity contribution >= 4 is 21.4 Å². The van der Waals surface area contributed by atoms with Gasteiger partial charge in [0, 0.05) is 7.05 Å². The molecule has 0 spiro atoms. The summed E-state index contributed by atoms with van der Waals surface area (Å²) in [5.74, 6) is -0.637. The third kappa shape index (κ3) is 2.53. The highest BCUT2D eigenvalue weighted by Gasteiger charge is 2.22. The van der Waals surface area contributed by atoms with Crippen molar-refractivity contribution in [3.63, 3.8) is 0 Å². The van der Waals surface area contributed by atoms with E-state index >= 15 is 0 Å². The van der Waals surface area contributed by atoms with Gasteiger partial charge >= 0.3 is 0 Å². The van der Waals surface area contributed by atoms with Crippen LogP contribution in [0.5, 0.6) is 5.75 Å². The molecule has 0 heterocycles. The standard InChI is InChI=1S/C13H13FN2O3S/c1-16(9-2-4-10(17)5-3-9)20(18,19)11-6-7-12(14)13(15)8-11/h2-8,17H,15H2,1H3. The van der Waals surface area contributed by atoms with Crippen molar-refractivity contribution in [2.45, 2.75) is 4.90 Å². The van der Waals surface area contributed by atoms with E-state index in [-0.39, 0.29) is 16.3 Å². The Morgan fingerprint density at radius 2 is 1.75 bits per heavy atom. The Kier molecular flexibility index (Phi) is 3.54. The number of nitrogens with two attached hydrogens (primary N) is 1. The second-order valence-electron chi connectivity index (χ2n) is 4.17. The van der Waals surface area contributed by atoms with Crippen molar-refractivity contribution in [1.29, 1.82) is 0 Å². The lowest BCUT2D eigenvalue weighted by Gasteiger charge is -2.19. The number of rotatable bonds is 3. The summed E-state index contributed by atoms with van der Waals surface area (Å²) in [6, 6.07) is 8.90. The van der Waals surface area contributed by atoms with Gasteiger partial charge in [-0.15, -0.1) is 0 Å². The number of benzene rings is 2. The van der Waals surface area contributed by atoms with Gasteiger partial charge in [0.2, 0.25) is 0 Å². The summed E-state index contributed by atoms with van der Waals surface area (Å²) in [5, 5.41) is 9.20. The van der Waals surface area contributed by atoms with Gasteiger partial charge in [0.15, 0.2) is 0 Å². The number of halogens is 1. The molecule has 2 aromatic carbocycles. The number of phenols is 1. The molecule has 106 valence electrons. The summed E-state index contributed by atoms with van der Waals surface area (Å²) in [5.41, 5.74) is 5.52. The number of aromatic hydroxyl groups is 1. The fourth-order valence-corrected chi connectivity index (χ4v) is 2.87. The lowest BCUT2D eigenvalue weighted by atomic mass is 10.3. The molecule has 0 aliphatic carbocycles. The molecule has 3 N–H and O–H groups in total. The van der Waals surface area contributed by atoms with Crippen LogP contribution in [0.3, 0.4) is 0 Å². The maximum atomic E-state index is 13.1. The maximum absolute atomic E-state index is 13.1. The third-order valence-electron chi connectivity index (χ3n) is 2.84. The van der Waals surface area contributed by atoms with Crippen LogP contribution in [0.4, 0.5) is 15.8 Å². The first kappa shape index (κ1) is 14.1. The van der Waals surface area contributed by atoms with Crippen molar-refractivity contribution in [1.82, 2.24) is 0 Å². The smallest absolute Gasteiger partial charge is 0.264 e. The van der Waals surface area contributed by atoms with E-state index in [4.69, 9.17) is 5.73 Å². The van der Waals surface area contributed by atoms with Crippen molar-refractivity contribution in [2.24, 2.45) is 0 Å². The molecule has 0 saturated carbocycles. The van der Waals surface area contributed by atoms with Crippen LogP contribution < -0.4 is 10.0 Å². The number of nitrogen functional groups attached to an aromatic ring is 1. The van der Waals surface area contributed by atoms with Crippen LogP contribution in [0, 0.1) is 5.82 Å². The fraction of sp³-hybridized carbons (Fsp3) is 0.0769. The normalized spacial score (nSPS) is 11.3. The Labute approximate surface area is 116 Å². The molecule has 0 saturated heterocycles. The number of nitrogens with zero attached hydrogens (tertiary/aromatic N) is 1. The average Bonchev–Trinajstić information content (AvgIpc) is 2.41. The molecule has 0 aromatic heterocycles. The Bertz CT molecular complexity index is 730. The number of hydrogen-bond acceptors (Lipinski definition) is 4. The van der Waals surface area contributed by atoms with Gasteiger partial charge in [-0.3, -0.25) is 4.31 Å². The van der Waals surface area contributed by atoms with Crippen LogP contribution in [0.15, 0.2) is 47.4 Å². The van der Waals surface area contributed by atoms with E-state index in [0.29, 0.717) is 5.69 Å². The average molecular weight is 296 g/mol. The summed E-state index contributed by atoms with van der Waals surface area (Å²) in [6.07, 6.45) is 0. The Balaban J connectivity index is 2.43. The van der Waals surface area contributed by atoms with Crippen LogP contribution in [0.2, 0.25) is 0 Å². The molecule has 0 atom stereocenters. The Morgan fingerprint density at radius 1 is 1.15 bits per heavy atom. The van der Waals surface area contributed by atoms with Gasteiger partial charge < -0.3 is 10.8 Å². The zero-order valence-corrected chi connectivity index (χ0v) is 11.4. The zero-order chi connectivity index (χ0) is 14.9. The third-order valence-corrected chi connectivity index (χ3v) is 4.62. The van der Waals surface area contributed by atoms with E-state index < -0.39 is 15.8 Å². The maximum Gasteiger partial charge on any atom is 0.264 e. The molecule has 20 heavy (non-hydrogen) atoms. The van der Waals surface area contributed by atoms with E-state index in [1.54, 1.807) is 0 Å². The SMILES string of the molecule is CN(c1ccc(O)cc1)S(=O)(=O)c1ccc(F)c(N)c1. The quantitative estimate of drug-likeness (QED) is 0.848. The zero-order valence-electron chi connectivity index (χ0n) is 10.6. The highest BCUT2D eigenvalue weighted by Crippen LogP contribution is 2.25. The number of anilines is 2. The van der Waals surface area contributed by atoms with Gasteiger partial charge in [-0.05, 0) is 42.5 Å². The minimum atomic E-state index is -3.84. The van der Waals surface area contributed by atoms with E-state index in [1.807, 2.05) is 0 Å². The first-order valence-corrected chi connectivity index (χ1v) is 7.09. The minimum Gasteiger partial charge on any atom is -0.508 e. The van der Waals surface area contributed by atoms with Gasteiger partial charge in [0.05, 0.1) is 16.3 Å². The molecule has 5 nitrogen and oxygen atoms in total. The summed E-state index contributed by atoms with van der Waals surface area (Å²) in [4.78, 5) is -0.105. The first-order chi connectivity index (χ1) is 9.32. The monoisotopic (exact) mass is 296 g/mol. The molecule has 0 radical (unpaired) electrons. The van der Waals surface area contributed by atoms with Gasteiger partial charge in [0.25, 0.3) is 10.0 Å². The van der Waals surface area contributed by atoms with Crippen LogP contribution in [0.25, 0.3) is 0 Å². The molecular weight excluding hydrogens is 283 g/mol. The summed E-state index contributed by atoms with van der Waals surface area (Å²) in [7, 11) is -2.48. The van der Waals surface area contributed by atoms with Crippen LogP contribution in [-0.2, 0) is 10.0 Å². The fourth-order valence-electron chi connectivity index (χ4n) is 1.64. The molecule has 0 aliphatic heterocycles. The largest absolute Gasteiger partial charge is 0.508 e. The summed E-state index contributed by atoms with van der Waals surface area (Å²) >= 11 is 0. The highest BCUT2D eigenvalue weighted by atomic mass is 32.2. The van der Waals surface area contributed by atoms with E-state index in [9.17, 15) is 17.9 Å². The highest BCUT2D eigenvalue weighted by molar-refractivity contribution is 7.92. The predicted molar refractivity (Wildman–Crippen MR) is 74.5 cm³/mol. The molecule has 2 aromatic rings. The number of phenolic OH excluding ortho intramolecular Hbond substituents is 1. The predicted octanol–water partition coefficient (Wildman–Crippen LogP) is 1.94. The molecule has 0 unspecified atom stereocenters. The molecule has 0 aliphatic rings. The molecular formula is C13H13FN2O3S. The molecule has 0 amide bonds.